The lowest BCUT2D eigenvalue weighted by atomic mass is 10.1. The summed E-state index contributed by atoms with van der Waals surface area (Å²) >= 11 is 5.63. The molecule has 0 aliphatic heterocycles. The van der Waals surface area contributed by atoms with E-state index >= 15 is 0 Å². The molecule has 0 aromatic heterocycles. The monoisotopic (exact) mass is 279 g/mol. The van der Waals surface area contributed by atoms with Crippen LogP contribution in [0.25, 0.3) is 0 Å². The van der Waals surface area contributed by atoms with Crippen LogP contribution in [0.3, 0.4) is 0 Å². The van der Waals surface area contributed by atoms with Gasteiger partial charge in [-0.15, -0.1) is 0 Å². The number of nitrogens with one attached hydrogen (secondary N) is 1. The van der Waals surface area contributed by atoms with Gasteiger partial charge in [-0.3, -0.25) is 0 Å². The second-order valence-corrected chi connectivity index (χ2v) is 4.72. The van der Waals surface area contributed by atoms with Crippen molar-refractivity contribution in [1.82, 2.24) is 5.32 Å². The van der Waals surface area contributed by atoms with Crippen molar-refractivity contribution in [2.24, 2.45) is 0 Å². The van der Waals surface area contributed by atoms with Gasteiger partial charge in [-0.25, -0.2) is 4.39 Å². The molecule has 4 heteroatoms. The molecule has 0 aliphatic rings. The van der Waals surface area contributed by atoms with Gasteiger partial charge in [0.25, 0.3) is 0 Å². The number of hydrogen-bond donors (Lipinski definition) is 1. The van der Waals surface area contributed by atoms with E-state index in [4.69, 9.17) is 16.3 Å². The Morgan fingerprint density at radius 1 is 1.21 bits per heavy atom. The van der Waals surface area contributed by atoms with Crippen LogP contribution in [0, 0.1) is 12.7 Å². The van der Waals surface area contributed by atoms with E-state index in [1.165, 1.54) is 17.7 Å². The van der Waals surface area contributed by atoms with Crippen LogP contribution < -0.4 is 10.1 Å². The normalized spacial score (nSPS) is 10.5. The van der Waals surface area contributed by atoms with Crippen molar-refractivity contribution in [3.8, 4) is 11.5 Å². The van der Waals surface area contributed by atoms with Crippen molar-refractivity contribution in [1.29, 1.82) is 0 Å². The largest absolute Gasteiger partial charge is 0.457 e. The van der Waals surface area contributed by atoms with Crippen molar-refractivity contribution in [3.05, 3.63) is 58.4 Å². The van der Waals surface area contributed by atoms with Crippen LogP contribution in [0.1, 0.15) is 11.1 Å². The fraction of sp³-hybridized carbons (Fsp3) is 0.200. The molecule has 19 heavy (non-hydrogen) atoms. The Morgan fingerprint density at radius 3 is 2.63 bits per heavy atom. The van der Waals surface area contributed by atoms with Crippen LogP contribution in [-0.4, -0.2) is 7.05 Å². The van der Waals surface area contributed by atoms with E-state index in [0.717, 1.165) is 12.1 Å². The zero-order valence-electron chi connectivity index (χ0n) is 10.8. The van der Waals surface area contributed by atoms with Gasteiger partial charge in [0, 0.05) is 12.6 Å². The zero-order chi connectivity index (χ0) is 13.8. The van der Waals surface area contributed by atoms with Gasteiger partial charge in [0.1, 0.15) is 17.3 Å². The Kier molecular flexibility index (Phi) is 4.40. The van der Waals surface area contributed by atoms with E-state index in [0.29, 0.717) is 11.5 Å². The topological polar surface area (TPSA) is 21.3 Å². The lowest BCUT2D eigenvalue weighted by molar-refractivity contribution is 0.473. The maximum Gasteiger partial charge on any atom is 0.145 e. The first-order valence-electron chi connectivity index (χ1n) is 5.97. The molecule has 0 atom stereocenters. The van der Waals surface area contributed by atoms with E-state index < -0.39 is 5.82 Å². The molecular weight excluding hydrogens is 265 g/mol. The van der Waals surface area contributed by atoms with Gasteiger partial charge in [-0.05, 0) is 43.3 Å². The Labute approximate surface area is 117 Å². The second kappa shape index (κ2) is 6.04. The number of hydrogen-bond acceptors (Lipinski definition) is 2. The summed E-state index contributed by atoms with van der Waals surface area (Å²) in [6.45, 7) is 2.76. The van der Waals surface area contributed by atoms with Crippen LogP contribution in [0.15, 0.2) is 36.4 Å². The standard InChI is InChI=1S/C15H15ClFNO/c1-10-7-11(9-18-2)3-6-15(10)19-12-4-5-13(16)14(17)8-12/h3-8,18H,9H2,1-2H3. The minimum Gasteiger partial charge on any atom is -0.457 e. The number of rotatable bonds is 4. The van der Waals surface area contributed by atoms with Crippen molar-refractivity contribution >= 4 is 11.6 Å². The number of benzene rings is 2. The van der Waals surface area contributed by atoms with E-state index in [1.807, 2.05) is 32.2 Å². The third kappa shape index (κ3) is 3.46. The Bertz CT molecular complexity index is 586. The summed E-state index contributed by atoms with van der Waals surface area (Å²) in [6, 6.07) is 10.3. The SMILES string of the molecule is CNCc1ccc(Oc2ccc(Cl)c(F)c2)c(C)c1. The van der Waals surface area contributed by atoms with Gasteiger partial charge in [-0.1, -0.05) is 23.7 Å². The highest BCUT2D eigenvalue weighted by molar-refractivity contribution is 6.30. The minimum atomic E-state index is -0.483. The van der Waals surface area contributed by atoms with Crippen molar-refractivity contribution in [2.75, 3.05) is 7.05 Å². The predicted molar refractivity (Wildman–Crippen MR) is 75.4 cm³/mol. The molecule has 0 heterocycles. The molecule has 0 unspecified atom stereocenters. The molecule has 0 saturated heterocycles. The molecule has 1 N–H and O–H groups in total. The van der Waals surface area contributed by atoms with Crippen molar-refractivity contribution < 1.29 is 9.13 Å². The third-order valence-electron chi connectivity index (χ3n) is 2.74. The number of halogens is 2. The molecular formula is C15H15ClFNO. The molecule has 0 aliphatic carbocycles. The summed E-state index contributed by atoms with van der Waals surface area (Å²) < 4.78 is 19.0. The summed E-state index contributed by atoms with van der Waals surface area (Å²) in [5.41, 5.74) is 2.18. The van der Waals surface area contributed by atoms with Gasteiger partial charge in [0.15, 0.2) is 0 Å². The van der Waals surface area contributed by atoms with Gasteiger partial charge in [0.05, 0.1) is 5.02 Å². The molecule has 0 amide bonds. The van der Waals surface area contributed by atoms with Crippen LogP contribution in [-0.2, 0) is 6.54 Å². The molecule has 0 spiro atoms. The van der Waals surface area contributed by atoms with Crippen LogP contribution in [0.4, 0.5) is 4.39 Å². The molecule has 0 fully saturated rings. The van der Waals surface area contributed by atoms with Crippen LogP contribution >= 0.6 is 11.6 Å². The molecule has 2 aromatic rings. The average Bonchev–Trinajstić information content (AvgIpc) is 2.37. The maximum atomic E-state index is 13.3. The molecule has 2 aromatic carbocycles. The van der Waals surface area contributed by atoms with E-state index in [2.05, 4.69) is 5.32 Å². The highest BCUT2D eigenvalue weighted by Crippen LogP contribution is 2.28. The van der Waals surface area contributed by atoms with E-state index in [1.54, 1.807) is 6.07 Å². The Morgan fingerprint density at radius 2 is 2.00 bits per heavy atom. The lowest BCUT2D eigenvalue weighted by Gasteiger charge is -2.10. The highest BCUT2D eigenvalue weighted by atomic mass is 35.5. The fourth-order valence-electron chi connectivity index (χ4n) is 1.81. The predicted octanol–water partition coefficient (Wildman–Crippen LogP) is 4.30. The van der Waals surface area contributed by atoms with Crippen LogP contribution in [0.2, 0.25) is 5.02 Å². The molecule has 2 nitrogen and oxygen atoms in total. The zero-order valence-corrected chi connectivity index (χ0v) is 11.6. The van der Waals surface area contributed by atoms with Crippen LogP contribution in [0.5, 0.6) is 11.5 Å². The first-order chi connectivity index (χ1) is 9.10. The summed E-state index contributed by atoms with van der Waals surface area (Å²) in [6.07, 6.45) is 0. The smallest absolute Gasteiger partial charge is 0.145 e. The molecule has 2 rings (SSSR count). The molecule has 100 valence electrons. The van der Waals surface area contributed by atoms with Gasteiger partial charge in [0.2, 0.25) is 0 Å². The number of aryl methyl sites for hydroxylation is 1. The van der Waals surface area contributed by atoms with Crippen molar-refractivity contribution in [2.45, 2.75) is 13.5 Å². The van der Waals surface area contributed by atoms with E-state index in [-0.39, 0.29) is 5.02 Å². The second-order valence-electron chi connectivity index (χ2n) is 4.31. The average molecular weight is 280 g/mol. The molecule has 0 saturated carbocycles. The minimum absolute atomic E-state index is 0.0911. The van der Waals surface area contributed by atoms with Gasteiger partial charge >= 0.3 is 0 Å². The summed E-state index contributed by atoms with van der Waals surface area (Å²) in [4.78, 5) is 0. The van der Waals surface area contributed by atoms with Gasteiger partial charge < -0.3 is 10.1 Å². The van der Waals surface area contributed by atoms with Gasteiger partial charge in [-0.2, -0.15) is 0 Å². The highest BCUT2D eigenvalue weighted by Gasteiger charge is 2.05. The first kappa shape index (κ1) is 13.8. The number of ether oxygens (including phenoxy) is 1. The Balaban J connectivity index is 2.20. The Hall–Kier alpha value is -1.58. The molecule has 0 bridgehead atoms. The fourth-order valence-corrected chi connectivity index (χ4v) is 1.92. The molecule has 0 radical (unpaired) electrons. The van der Waals surface area contributed by atoms with Crippen molar-refractivity contribution in [3.63, 3.8) is 0 Å². The lowest BCUT2D eigenvalue weighted by Crippen LogP contribution is -2.05. The van der Waals surface area contributed by atoms with E-state index in [9.17, 15) is 4.39 Å². The maximum absolute atomic E-state index is 13.3. The summed E-state index contributed by atoms with van der Waals surface area (Å²) in [5, 5.41) is 3.18. The summed E-state index contributed by atoms with van der Waals surface area (Å²) in [5.74, 6) is 0.663. The quantitative estimate of drug-likeness (QED) is 0.901. The third-order valence-corrected chi connectivity index (χ3v) is 3.05. The summed E-state index contributed by atoms with van der Waals surface area (Å²) in [7, 11) is 1.90. The first-order valence-corrected chi connectivity index (χ1v) is 6.35.